The standard InChI is InChI=1S/C18H23N3O2S/c1-12(19)15-5-3-4-10-21(15)18(22)16-11-20-17(24-16)13-6-8-14(23-2)9-7-13/h6-9,11-12,15H,3-5,10,19H2,1-2H3. The van der Waals surface area contributed by atoms with Crippen LogP contribution in [-0.4, -0.2) is 41.5 Å². The van der Waals surface area contributed by atoms with Crippen molar-refractivity contribution >= 4 is 17.2 Å². The van der Waals surface area contributed by atoms with Crippen LogP contribution in [-0.2, 0) is 0 Å². The molecule has 24 heavy (non-hydrogen) atoms. The van der Waals surface area contributed by atoms with Gasteiger partial charge in [0.05, 0.1) is 13.3 Å². The van der Waals surface area contributed by atoms with E-state index in [4.69, 9.17) is 10.5 Å². The van der Waals surface area contributed by atoms with E-state index in [0.29, 0.717) is 4.88 Å². The number of nitrogens with zero attached hydrogens (tertiary/aromatic N) is 2. The van der Waals surface area contributed by atoms with Gasteiger partial charge in [-0.3, -0.25) is 4.79 Å². The molecule has 1 fully saturated rings. The first-order valence-electron chi connectivity index (χ1n) is 8.27. The van der Waals surface area contributed by atoms with E-state index < -0.39 is 0 Å². The number of benzene rings is 1. The molecule has 0 aliphatic carbocycles. The van der Waals surface area contributed by atoms with E-state index >= 15 is 0 Å². The Morgan fingerprint density at radius 2 is 2.12 bits per heavy atom. The maximum absolute atomic E-state index is 12.9. The van der Waals surface area contributed by atoms with Gasteiger partial charge in [-0.05, 0) is 50.5 Å². The molecule has 1 aliphatic heterocycles. The third-order valence-electron chi connectivity index (χ3n) is 4.47. The zero-order valence-electron chi connectivity index (χ0n) is 14.1. The molecule has 6 heteroatoms. The summed E-state index contributed by atoms with van der Waals surface area (Å²) in [6, 6.07) is 7.82. The minimum absolute atomic E-state index is 0.0109. The average molecular weight is 345 g/mol. The maximum Gasteiger partial charge on any atom is 0.265 e. The Kier molecular flexibility index (Phi) is 5.16. The number of aromatic nitrogens is 1. The number of piperidine rings is 1. The summed E-state index contributed by atoms with van der Waals surface area (Å²) in [6.45, 7) is 2.76. The summed E-state index contributed by atoms with van der Waals surface area (Å²) in [5, 5.41) is 0.843. The molecule has 2 N–H and O–H groups in total. The van der Waals surface area contributed by atoms with Gasteiger partial charge < -0.3 is 15.4 Å². The molecule has 0 radical (unpaired) electrons. The summed E-state index contributed by atoms with van der Waals surface area (Å²) < 4.78 is 5.17. The highest BCUT2D eigenvalue weighted by molar-refractivity contribution is 7.16. The number of amides is 1. The number of carbonyl (C=O) groups excluding carboxylic acids is 1. The molecule has 0 bridgehead atoms. The molecule has 128 valence electrons. The first-order valence-corrected chi connectivity index (χ1v) is 9.08. The molecule has 0 saturated carbocycles. The average Bonchev–Trinajstić information content (AvgIpc) is 3.11. The number of hydrogen-bond donors (Lipinski definition) is 1. The Hall–Kier alpha value is -1.92. The van der Waals surface area contributed by atoms with Crippen molar-refractivity contribution in [3.63, 3.8) is 0 Å². The van der Waals surface area contributed by atoms with Gasteiger partial charge in [0.15, 0.2) is 0 Å². The lowest BCUT2D eigenvalue weighted by atomic mass is 9.97. The largest absolute Gasteiger partial charge is 0.497 e. The van der Waals surface area contributed by atoms with Crippen LogP contribution in [0, 0.1) is 0 Å². The van der Waals surface area contributed by atoms with E-state index in [9.17, 15) is 4.79 Å². The van der Waals surface area contributed by atoms with Crippen molar-refractivity contribution in [1.82, 2.24) is 9.88 Å². The van der Waals surface area contributed by atoms with Crippen LogP contribution in [0.5, 0.6) is 5.75 Å². The molecule has 2 aromatic rings. The number of rotatable bonds is 4. The quantitative estimate of drug-likeness (QED) is 0.924. The monoisotopic (exact) mass is 345 g/mol. The smallest absolute Gasteiger partial charge is 0.265 e. The molecular weight excluding hydrogens is 322 g/mol. The van der Waals surface area contributed by atoms with E-state index in [1.165, 1.54) is 11.3 Å². The van der Waals surface area contributed by atoms with Crippen molar-refractivity contribution < 1.29 is 9.53 Å². The van der Waals surface area contributed by atoms with Crippen LogP contribution in [0.25, 0.3) is 10.6 Å². The van der Waals surface area contributed by atoms with Gasteiger partial charge in [0.1, 0.15) is 15.6 Å². The van der Waals surface area contributed by atoms with Gasteiger partial charge in [0.2, 0.25) is 0 Å². The van der Waals surface area contributed by atoms with Crippen molar-refractivity contribution in [2.24, 2.45) is 5.73 Å². The van der Waals surface area contributed by atoms with Crippen LogP contribution in [0.4, 0.5) is 0 Å². The molecule has 1 aliphatic rings. The van der Waals surface area contributed by atoms with E-state index in [-0.39, 0.29) is 18.0 Å². The van der Waals surface area contributed by atoms with E-state index in [1.54, 1.807) is 13.3 Å². The highest BCUT2D eigenvalue weighted by atomic mass is 32.1. The molecule has 1 amide bonds. The van der Waals surface area contributed by atoms with E-state index in [0.717, 1.165) is 42.1 Å². The Labute approximate surface area is 146 Å². The fourth-order valence-electron chi connectivity index (χ4n) is 3.14. The molecule has 5 nitrogen and oxygen atoms in total. The van der Waals surface area contributed by atoms with Gasteiger partial charge in [-0.1, -0.05) is 0 Å². The van der Waals surface area contributed by atoms with Crippen molar-refractivity contribution in [1.29, 1.82) is 0 Å². The van der Waals surface area contributed by atoms with Crippen molar-refractivity contribution in [2.75, 3.05) is 13.7 Å². The third-order valence-corrected chi connectivity index (χ3v) is 5.50. The van der Waals surface area contributed by atoms with Crippen LogP contribution in [0.15, 0.2) is 30.5 Å². The zero-order chi connectivity index (χ0) is 17.1. The fourth-order valence-corrected chi connectivity index (χ4v) is 4.02. The summed E-state index contributed by atoms with van der Waals surface area (Å²) >= 11 is 1.43. The number of ether oxygens (including phenoxy) is 1. The topological polar surface area (TPSA) is 68.5 Å². The van der Waals surface area contributed by atoms with Gasteiger partial charge in [-0.25, -0.2) is 4.98 Å². The molecule has 2 heterocycles. The highest BCUT2D eigenvalue weighted by Crippen LogP contribution is 2.29. The van der Waals surface area contributed by atoms with E-state index in [1.807, 2.05) is 36.1 Å². The summed E-state index contributed by atoms with van der Waals surface area (Å²) in [6.07, 6.45) is 4.84. The second-order valence-corrected chi connectivity index (χ2v) is 7.21. The van der Waals surface area contributed by atoms with Gasteiger partial charge in [-0.15, -0.1) is 11.3 Å². The number of methoxy groups -OCH3 is 1. The Bertz CT molecular complexity index is 697. The van der Waals surface area contributed by atoms with Gasteiger partial charge in [0.25, 0.3) is 5.91 Å². The number of hydrogen-bond acceptors (Lipinski definition) is 5. The molecule has 2 atom stereocenters. The molecule has 1 aromatic carbocycles. The fraction of sp³-hybridized carbons (Fsp3) is 0.444. The van der Waals surface area contributed by atoms with Gasteiger partial charge in [-0.2, -0.15) is 0 Å². The van der Waals surface area contributed by atoms with Crippen LogP contribution < -0.4 is 10.5 Å². The van der Waals surface area contributed by atoms with Crippen molar-refractivity contribution in [3.8, 4) is 16.3 Å². The maximum atomic E-state index is 12.9. The molecule has 0 spiro atoms. The number of carbonyl (C=O) groups is 1. The summed E-state index contributed by atoms with van der Waals surface area (Å²) in [4.78, 5) is 19.9. The number of thiazole rings is 1. The second kappa shape index (κ2) is 7.32. The highest BCUT2D eigenvalue weighted by Gasteiger charge is 2.30. The summed E-state index contributed by atoms with van der Waals surface area (Å²) in [5.41, 5.74) is 7.07. The van der Waals surface area contributed by atoms with Crippen molar-refractivity contribution in [2.45, 2.75) is 38.3 Å². The van der Waals surface area contributed by atoms with Crippen LogP contribution in [0.3, 0.4) is 0 Å². The molecule has 1 saturated heterocycles. The third kappa shape index (κ3) is 3.44. The number of likely N-dealkylation sites (tertiary alicyclic amines) is 1. The predicted octanol–water partition coefficient (Wildman–Crippen LogP) is 3.16. The Balaban J connectivity index is 1.79. The minimum atomic E-state index is -0.0109. The van der Waals surface area contributed by atoms with Crippen molar-refractivity contribution in [3.05, 3.63) is 35.3 Å². The van der Waals surface area contributed by atoms with Gasteiger partial charge >= 0.3 is 0 Å². The summed E-state index contributed by atoms with van der Waals surface area (Å²) in [7, 11) is 1.64. The first-order chi connectivity index (χ1) is 11.6. The van der Waals surface area contributed by atoms with Crippen LogP contribution >= 0.6 is 11.3 Å². The zero-order valence-corrected chi connectivity index (χ0v) is 14.9. The molecular formula is C18H23N3O2S. The SMILES string of the molecule is COc1ccc(-c2ncc(C(=O)N3CCCCC3C(C)N)s2)cc1. The Morgan fingerprint density at radius 3 is 2.79 bits per heavy atom. The lowest BCUT2D eigenvalue weighted by Gasteiger charge is -2.37. The normalized spacial score (nSPS) is 19.1. The minimum Gasteiger partial charge on any atom is -0.497 e. The number of nitrogens with two attached hydrogens (primary N) is 1. The summed E-state index contributed by atoms with van der Waals surface area (Å²) in [5.74, 6) is 0.856. The molecule has 2 unspecified atom stereocenters. The molecule has 1 aromatic heterocycles. The van der Waals surface area contributed by atoms with Gasteiger partial charge in [0, 0.05) is 24.2 Å². The second-order valence-electron chi connectivity index (χ2n) is 6.18. The molecule has 3 rings (SSSR count). The first kappa shape index (κ1) is 16.9. The predicted molar refractivity (Wildman–Crippen MR) is 96.4 cm³/mol. The lowest BCUT2D eigenvalue weighted by Crippen LogP contribution is -2.51. The lowest BCUT2D eigenvalue weighted by molar-refractivity contribution is 0.0588. The van der Waals surface area contributed by atoms with Crippen LogP contribution in [0.2, 0.25) is 0 Å². The van der Waals surface area contributed by atoms with Crippen LogP contribution in [0.1, 0.15) is 35.9 Å². The Morgan fingerprint density at radius 1 is 1.38 bits per heavy atom. The van der Waals surface area contributed by atoms with E-state index in [2.05, 4.69) is 4.98 Å².